The van der Waals surface area contributed by atoms with Crippen molar-refractivity contribution in [2.45, 2.75) is 38.2 Å². The van der Waals surface area contributed by atoms with E-state index in [-0.39, 0.29) is 17.8 Å². The maximum atomic E-state index is 13.6. The summed E-state index contributed by atoms with van der Waals surface area (Å²) in [6.45, 7) is 2.37. The van der Waals surface area contributed by atoms with Crippen molar-refractivity contribution in [3.8, 4) is 0 Å². The third kappa shape index (κ3) is 2.73. The normalized spacial score (nSPS) is 23.9. The van der Waals surface area contributed by atoms with Crippen molar-refractivity contribution in [1.82, 2.24) is 0 Å². The fraction of sp³-hybridized carbons (Fsp3) is 0.500. The van der Waals surface area contributed by atoms with Crippen LogP contribution >= 0.6 is 11.6 Å². The van der Waals surface area contributed by atoms with Crippen molar-refractivity contribution in [2.24, 2.45) is 0 Å². The first kappa shape index (κ1) is 13.5. The van der Waals surface area contributed by atoms with Gasteiger partial charge in [0.25, 0.3) is 0 Å². The van der Waals surface area contributed by atoms with Crippen LogP contribution in [0.1, 0.15) is 31.7 Å². The largest absolute Gasteiger partial charge is 0.367 e. The number of benzene rings is 1. The summed E-state index contributed by atoms with van der Waals surface area (Å²) in [5.74, 6) is -0.538. The topological polar surface area (TPSA) is 26.3 Å². The fourth-order valence-electron chi connectivity index (χ4n) is 2.20. The zero-order valence-electron chi connectivity index (χ0n) is 10.3. The molecule has 0 spiro atoms. The lowest BCUT2D eigenvalue weighted by molar-refractivity contribution is -0.147. The highest BCUT2D eigenvalue weighted by atomic mass is 35.5. The summed E-state index contributed by atoms with van der Waals surface area (Å²) in [6, 6.07) is 4.44. The van der Waals surface area contributed by atoms with Crippen LogP contribution in [-0.4, -0.2) is 18.0 Å². The van der Waals surface area contributed by atoms with Gasteiger partial charge in [0.2, 0.25) is 0 Å². The molecule has 0 aromatic heterocycles. The van der Waals surface area contributed by atoms with Gasteiger partial charge in [-0.15, -0.1) is 0 Å². The molecule has 1 aromatic rings. The lowest BCUT2D eigenvalue weighted by atomic mass is 9.88. The van der Waals surface area contributed by atoms with Gasteiger partial charge in [-0.1, -0.05) is 17.7 Å². The minimum Gasteiger partial charge on any atom is -0.367 e. The molecule has 2 nitrogen and oxygen atoms in total. The summed E-state index contributed by atoms with van der Waals surface area (Å²) in [6.07, 6.45) is 2.62. The molecule has 1 unspecified atom stereocenters. The molecule has 1 atom stereocenters. The summed E-state index contributed by atoms with van der Waals surface area (Å²) in [4.78, 5) is 12.2. The Morgan fingerprint density at radius 1 is 1.50 bits per heavy atom. The van der Waals surface area contributed by atoms with Gasteiger partial charge >= 0.3 is 0 Å². The predicted octanol–water partition coefficient (Wildman–Crippen LogP) is 3.55. The molecule has 98 valence electrons. The van der Waals surface area contributed by atoms with Crippen LogP contribution in [-0.2, 0) is 16.0 Å². The van der Waals surface area contributed by atoms with Gasteiger partial charge in [-0.25, -0.2) is 4.39 Å². The number of carbonyl (C=O) groups excluding carboxylic acids is 1. The summed E-state index contributed by atoms with van der Waals surface area (Å²) < 4.78 is 19.2. The second-order valence-corrected chi connectivity index (χ2v) is 5.24. The summed E-state index contributed by atoms with van der Waals surface area (Å²) >= 11 is 5.92. The minimum atomic E-state index is -0.788. The van der Waals surface area contributed by atoms with E-state index in [1.165, 1.54) is 12.1 Å². The number of ether oxygens (including phenoxy) is 1. The standard InChI is InChI=1S/C14H16ClFO2/c1-14(7-2-3-8-18-14)13(17)9-10-11(15)5-4-6-12(10)16/h4-6H,2-3,7-9H2,1H3. The molecule has 1 aromatic carbocycles. The van der Waals surface area contributed by atoms with E-state index in [9.17, 15) is 9.18 Å². The number of rotatable bonds is 3. The first-order valence-electron chi connectivity index (χ1n) is 6.13. The monoisotopic (exact) mass is 270 g/mol. The SMILES string of the molecule is CC1(C(=O)Cc2c(F)cccc2Cl)CCCCO1. The Bertz CT molecular complexity index is 433. The molecule has 18 heavy (non-hydrogen) atoms. The van der Waals surface area contributed by atoms with Gasteiger partial charge in [-0.2, -0.15) is 0 Å². The van der Waals surface area contributed by atoms with Crippen molar-refractivity contribution in [2.75, 3.05) is 6.61 Å². The number of Topliss-reactive ketones (excluding diaryl/α,β-unsaturated/α-hetero) is 1. The second-order valence-electron chi connectivity index (χ2n) is 4.84. The molecule has 4 heteroatoms. The maximum absolute atomic E-state index is 13.6. The van der Waals surface area contributed by atoms with E-state index in [1.807, 2.05) is 0 Å². The Hall–Kier alpha value is -0.930. The van der Waals surface area contributed by atoms with Crippen LogP contribution in [0, 0.1) is 5.82 Å². The molecular formula is C14H16ClFO2. The molecule has 0 aliphatic carbocycles. The van der Waals surface area contributed by atoms with Crippen molar-refractivity contribution in [3.05, 3.63) is 34.6 Å². The fourth-order valence-corrected chi connectivity index (χ4v) is 2.43. The molecule has 0 saturated carbocycles. The van der Waals surface area contributed by atoms with Gasteiger partial charge < -0.3 is 4.74 Å². The van der Waals surface area contributed by atoms with Crippen molar-refractivity contribution in [1.29, 1.82) is 0 Å². The third-order valence-electron chi connectivity index (χ3n) is 3.46. The first-order valence-corrected chi connectivity index (χ1v) is 6.51. The molecule has 0 N–H and O–H groups in total. The molecular weight excluding hydrogens is 255 g/mol. The van der Waals surface area contributed by atoms with Gasteiger partial charge in [0.15, 0.2) is 5.78 Å². The van der Waals surface area contributed by atoms with Gasteiger partial charge in [-0.3, -0.25) is 4.79 Å². The molecule has 1 fully saturated rings. The van der Waals surface area contributed by atoms with Crippen molar-refractivity contribution >= 4 is 17.4 Å². The molecule has 1 aliphatic rings. The number of hydrogen-bond donors (Lipinski definition) is 0. The minimum absolute atomic E-state index is 0.0119. The number of halogens is 2. The average molecular weight is 271 g/mol. The second kappa shape index (κ2) is 5.37. The molecule has 0 bridgehead atoms. The Kier molecular flexibility index (Phi) is 4.03. The molecule has 0 amide bonds. The number of ketones is 1. The molecule has 1 saturated heterocycles. The Morgan fingerprint density at radius 2 is 2.28 bits per heavy atom. The van der Waals surface area contributed by atoms with E-state index in [1.54, 1.807) is 13.0 Å². The zero-order chi connectivity index (χ0) is 13.2. The van der Waals surface area contributed by atoms with Crippen LogP contribution in [0.4, 0.5) is 4.39 Å². The van der Waals surface area contributed by atoms with Crippen LogP contribution in [0.25, 0.3) is 0 Å². The zero-order valence-corrected chi connectivity index (χ0v) is 11.1. The molecule has 1 heterocycles. The Balaban J connectivity index is 2.16. The van der Waals surface area contributed by atoms with Crippen LogP contribution in [0.3, 0.4) is 0 Å². The van der Waals surface area contributed by atoms with E-state index in [0.717, 1.165) is 12.8 Å². The number of carbonyl (C=O) groups is 1. The van der Waals surface area contributed by atoms with Crippen LogP contribution < -0.4 is 0 Å². The van der Waals surface area contributed by atoms with Crippen molar-refractivity contribution < 1.29 is 13.9 Å². The molecule has 2 rings (SSSR count). The molecule has 0 radical (unpaired) electrons. The summed E-state index contributed by atoms with van der Waals surface area (Å²) in [5, 5.41) is 0.294. The Labute approximate surface area is 111 Å². The Morgan fingerprint density at radius 3 is 2.89 bits per heavy atom. The highest BCUT2D eigenvalue weighted by Crippen LogP contribution is 2.28. The summed E-state index contributed by atoms with van der Waals surface area (Å²) in [5.41, 5.74) is -0.524. The van der Waals surface area contributed by atoms with Gasteiger partial charge in [0, 0.05) is 23.6 Å². The lowest BCUT2D eigenvalue weighted by Crippen LogP contribution is -2.42. The maximum Gasteiger partial charge on any atom is 0.168 e. The number of hydrogen-bond acceptors (Lipinski definition) is 2. The van der Waals surface area contributed by atoms with Crippen molar-refractivity contribution in [3.63, 3.8) is 0 Å². The average Bonchev–Trinajstić information content (AvgIpc) is 2.34. The van der Waals surface area contributed by atoms with E-state index in [0.29, 0.717) is 18.1 Å². The predicted molar refractivity (Wildman–Crippen MR) is 68.3 cm³/mol. The lowest BCUT2D eigenvalue weighted by Gasteiger charge is -2.32. The van der Waals surface area contributed by atoms with E-state index < -0.39 is 11.4 Å². The highest BCUT2D eigenvalue weighted by molar-refractivity contribution is 6.31. The quantitative estimate of drug-likeness (QED) is 0.840. The van der Waals surface area contributed by atoms with Crippen LogP contribution in [0.15, 0.2) is 18.2 Å². The smallest absolute Gasteiger partial charge is 0.168 e. The van der Waals surface area contributed by atoms with E-state index in [4.69, 9.17) is 16.3 Å². The summed E-state index contributed by atoms with van der Waals surface area (Å²) in [7, 11) is 0. The molecule has 1 aliphatic heterocycles. The first-order chi connectivity index (χ1) is 8.53. The highest BCUT2D eigenvalue weighted by Gasteiger charge is 2.36. The van der Waals surface area contributed by atoms with E-state index >= 15 is 0 Å². The van der Waals surface area contributed by atoms with Gasteiger partial charge in [-0.05, 0) is 38.3 Å². The van der Waals surface area contributed by atoms with Crippen LogP contribution in [0.2, 0.25) is 5.02 Å². The van der Waals surface area contributed by atoms with Crippen LogP contribution in [0.5, 0.6) is 0 Å². The van der Waals surface area contributed by atoms with E-state index in [2.05, 4.69) is 0 Å². The third-order valence-corrected chi connectivity index (χ3v) is 3.81. The van der Waals surface area contributed by atoms with Gasteiger partial charge in [0.05, 0.1) is 0 Å². The van der Waals surface area contributed by atoms with Gasteiger partial charge in [0.1, 0.15) is 11.4 Å².